The number of hydrogen-bond donors (Lipinski definition) is 3. The molecule has 19 heavy (non-hydrogen) atoms. The number of carboxylic acid groups (broad SMARTS) is 1. The van der Waals surface area contributed by atoms with E-state index in [4.69, 9.17) is 24.8 Å². The van der Waals surface area contributed by atoms with E-state index >= 15 is 0 Å². The Morgan fingerprint density at radius 3 is 1.95 bits per heavy atom. The van der Waals surface area contributed by atoms with Crippen LogP contribution in [0.5, 0.6) is 0 Å². The third kappa shape index (κ3) is 19.8. The van der Waals surface area contributed by atoms with Gasteiger partial charge in [0.1, 0.15) is 0 Å². The summed E-state index contributed by atoms with van der Waals surface area (Å²) in [6.45, 7) is 7.95. The first-order chi connectivity index (χ1) is 8.83. The molecule has 3 atom stereocenters. The van der Waals surface area contributed by atoms with Crippen LogP contribution >= 0.6 is 0 Å². The lowest BCUT2D eigenvalue weighted by molar-refractivity contribution is -0.137. The molecule has 6 heteroatoms. The van der Waals surface area contributed by atoms with Gasteiger partial charge < -0.3 is 24.8 Å². The number of carboxylic acids is 1. The number of aliphatic carboxylic acids is 1. The normalized spacial score (nSPS) is 15.1. The van der Waals surface area contributed by atoms with Crippen molar-refractivity contribution in [3.05, 3.63) is 0 Å². The van der Waals surface area contributed by atoms with Gasteiger partial charge in [0.25, 0.3) is 0 Å². The number of ether oxygens (including phenoxy) is 2. The van der Waals surface area contributed by atoms with Crippen LogP contribution < -0.4 is 0 Å². The van der Waals surface area contributed by atoms with Crippen molar-refractivity contribution in [2.24, 2.45) is 0 Å². The highest BCUT2D eigenvalue weighted by Crippen LogP contribution is 1.97. The van der Waals surface area contributed by atoms with E-state index in [0.717, 1.165) is 6.42 Å². The molecule has 0 radical (unpaired) electrons. The molecule has 6 nitrogen and oxygen atoms in total. The molecule has 0 rings (SSSR count). The van der Waals surface area contributed by atoms with Crippen molar-refractivity contribution in [3.63, 3.8) is 0 Å². The van der Waals surface area contributed by atoms with E-state index in [1.807, 2.05) is 13.8 Å². The molecule has 0 spiro atoms. The summed E-state index contributed by atoms with van der Waals surface area (Å²) in [5, 5.41) is 25.5. The molecule has 0 amide bonds. The van der Waals surface area contributed by atoms with E-state index in [1.165, 1.54) is 0 Å². The number of carbonyl (C=O) groups is 1. The Hall–Kier alpha value is -0.690. The molecule has 0 saturated heterocycles. The number of rotatable bonds is 9. The van der Waals surface area contributed by atoms with E-state index in [0.29, 0.717) is 19.6 Å². The van der Waals surface area contributed by atoms with Crippen LogP contribution in [0.1, 0.15) is 40.5 Å². The highest BCUT2D eigenvalue weighted by molar-refractivity contribution is 5.66. The Labute approximate surface area is 115 Å². The molecule has 0 saturated carbocycles. The van der Waals surface area contributed by atoms with Gasteiger partial charge in [-0.1, -0.05) is 6.92 Å². The zero-order valence-electron chi connectivity index (χ0n) is 12.3. The van der Waals surface area contributed by atoms with Crippen molar-refractivity contribution in [1.82, 2.24) is 0 Å². The number of aliphatic hydroxyl groups excluding tert-OH is 2. The van der Waals surface area contributed by atoms with E-state index in [2.05, 4.69) is 0 Å². The van der Waals surface area contributed by atoms with E-state index in [-0.39, 0.29) is 18.8 Å². The van der Waals surface area contributed by atoms with Crippen LogP contribution in [0.2, 0.25) is 0 Å². The molecule has 0 aromatic heterocycles. The monoisotopic (exact) mass is 280 g/mol. The molecule has 0 aliphatic rings. The topological polar surface area (TPSA) is 96.2 Å². The zero-order valence-corrected chi connectivity index (χ0v) is 12.3. The molecule has 0 fully saturated rings. The second kappa shape index (κ2) is 13.7. The quantitative estimate of drug-likeness (QED) is 0.584. The van der Waals surface area contributed by atoms with Crippen LogP contribution in [0.15, 0.2) is 0 Å². The first kappa shape index (κ1) is 20.6. The molecule has 0 bridgehead atoms. The predicted molar refractivity (Wildman–Crippen MR) is 72.1 cm³/mol. The molecule has 0 aromatic rings. The summed E-state index contributed by atoms with van der Waals surface area (Å²) in [6, 6.07) is 0. The minimum absolute atomic E-state index is 0.0170. The van der Waals surface area contributed by atoms with Gasteiger partial charge in [0.05, 0.1) is 38.1 Å². The Morgan fingerprint density at radius 1 is 1.11 bits per heavy atom. The first-order valence-corrected chi connectivity index (χ1v) is 6.57. The average Bonchev–Trinajstić information content (AvgIpc) is 2.33. The average molecular weight is 280 g/mol. The van der Waals surface area contributed by atoms with Crippen molar-refractivity contribution >= 4 is 5.97 Å². The fraction of sp³-hybridized carbons (Fsp3) is 0.923. The van der Waals surface area contributed by atoms with Crippen molar-refractivity contribution in [2.45, 2.75) is 58.8 Å². The lowest BCUT2D eigenvalue weighted by Crippen LogP contribution is -2.24. The Balaban J connectivity index is 0. The summed E-state index contributed by atoms with van der Waals surface area (Å²) in [7, 11) is 0. The van der Waals surface area contributed by atoms with Gasteiger partial charge in [-0.15, -0.1) is 0 Å². The van der Waals surface area contributed by atoms with E-state index in [9.17, 15) is 4.79 Å². The molecule has 0 aliphatic heterocycles. The predicted octanol–water partition coefficient (Wildman–Crippen LogP) is 1.04. The van der Waals surface area contributed by atoms with Crippen molar-refractivity contribution < 1.29 is 29.6 Å². The molecule has 116 valence electrons. The van der Waals surface area contributed by atoms with Gasteiger partial charge in [0.15, 0.2) is 0 Å². The van der Waals surface area contributed by atoms with Gasteiger partial charge in [0.2, 0.25) is 0 Å². The first-order valence-electron chi connectivity index (χ1n) is 6.57. The van der Waals surface area contributed by atoms with Gasteiger partial charge in [-0.25, -0.2) is 0 Å². The van der Waals surface area contributed by atoms with Crippen LogP contribution in [-0.2, 0) is 14.3 Å². The van der Waals surface area contributed by atoms with E-state index < -0.39 is 12.1 Å². The van der Waals surface area contributed by atoms with Gasteiger partial charge in [-0.3, -0.25) is 4.79 Å². The SMILES string of the molecule is CC(O)COC(C)COC(C)CO.CCCC(=O)O. The molecular formula is C13H28O6. The summed E-state index contributed by atoms with van der Waals surface area (Å²) in [6.07, 6.45) is 0.369. The Morgan fingerprint density at radius 2 is 1.63 bits per heavy atom. The molecule has 3 unspecified atom stereocenters. The summed E-state index contributed by atoms with van der Waals surface area (Å²) in [4.78, 5) is 9.60. The summed E-state index contributed by atoms with van der Waals surface area (Å²) in [5.74, 6) is -0.711. The van der Waals surface area contributed by atoms with Crippen LogP contribution in [0.4, 0.5) is 0 Å². The minimum Gasteiger partial charge on any atom is -0.481 e. The van der Waals surface area contributed by atoms with Crippen molar-refractivity contribution in [2.75, 3.05) is 19.8 Å². The fourth-order valence-electron chi connectivity index (χ4n) is 0.918. The van der Waals surface area contributed by atoms with Gasteiger partial charge >= 0.3 is 5.97 Å². The molecule has 0 aromatic carbocycles. The molecule has 0 aliphatic carbocycles. The molecule has 3 N–H and O–H groups in total. The lowest BCUT2D eigenvalue weighted by Gasteiger charge is -2.16. The molecular weight excluding hydrogens is 252 g/mol. The second-order valence-corrected chi connectivity index (χ2v) is 4.46. The Bertz CT molecular complexity index is 207. The maximum atomic E-state index is 9.60. The Kier molecular flexibility index (Phi) is 14.9. The summed E-state index contributed by atoms with van der Waals surface area (Å²) in [5.41, 5.74) is 0. The highest BCUT2D eigenvalue weighted by Gasteiger charge is 2.06. The van der Waals surface area contributed by atoms with Crippen molar-refractivity contribution in [1.29, 1.82) is 0 Å². The zero-order chi connectivity index (χ0) is 15.3. The van der Waals surface area contributed by atoms with E-state index in [1.54, 1.807) is 13.8 Å². The smallest absolute Gasteiger partial charge is 0.303 e. The molecule has 0 heterocycles. The van der Waals surface area contributed by atoms with Crippen LogP contribution in [0.25, 0.3) is 0 Å². The standard InChI is InChI=1S/C9H20O4.C4H8O2/c1-7(11)5-12-9(3)6-13-8(2)4-10;1-2-3-4(5)6/h7-11H,4-6H2,1-3H3;2-3H2,1H3,(H,5,6). The third-order valence-corrected chi connectivity index (χ3v) is 1.96. The van der Waals surface area contributed by atoms with Gasteiger partial charge in [-0.05, 0) is 27.2 Å². The summed E-state index contributed by atoms with van der Waals surface area (Å²) >= 11 is 0. The largest absolute Gasteiger partial charge is 0.481 e. The van der Waals surface area contributed by atoms with Crippen molar-refractivity contribution in [3.8, 4) is 0 Å². The summed E-state index contributed by atoms with van der Waals surface area (Å²) < 4.78 is 10.5. The fourth-order valence-corrected chi connectivity index (χ4v) is 0.918. The van der Waals surface area contributed by atoms with Gasteiger partial charge in [0, 0.05) is 6.42 Å². The van der Waals surface area contributed by atoms with Crippen LogP contribution in [-0.4, -0.2) is 59.4 Å². The number of aliphatic hydroxyl groups is 2. The second-order valence-electron chi connectivity index (χ2n) is 4.46. The third-order valence-electron chi connectivity index (χ3n) is 1.96. The van der Waals surface area contributed by atoms with Crippen LogP contribution in [0.3, 0.4) is 0 Å². The van der Waals surface area contributed by atoms with Crippen LogP contribution in [0, 0.1) is 0 Å². The maximum Gasteiger partial charge on any atom is 0.303 e. The van der Waals surface area contributed by atoms with Gasteiger partial charge in [-0.2, -0.15) is 0 Å². The number of hydrogen-bond acceptors (Lipinski definition) is 5. The highest BCUT2D eigenvalue weighted by atomic mass is 16.5. The lowest BCUT2D eigenvalue weighted by atomic mass is 10.4. The minimum atomic E-state index is -0.711. The maximum absolute atomic E-state index is 9.60.